The zero-order valence-corrected chi connectivity index (χ0v) is 6.75. The molecule has 0 saturated heterocycles. The summed E-state index contributed by atoms with van der Waals surface area (Å²) < 4.78 is 4.82. The summed E-state index contributed by atoms with van der Waals surface area (Å²) in [5, 5.41) is 0.840. The lowest BCUT2D eigenvalue weighted by Crippen LogP contribution is -1.93. The first kappa shape index (κ1) is 7.47. The van der Waals surface area contributed by atoms with Gasteiger partial charge in [0.25, 0.3) is 0 Å². The Kier molecular flexibility index (Phi) is 2.21. The van der Waals surface area contributed by atoms with E-state index < -0.39 is 0 Å². The van der Waals surface area contributed by atoms with Crippen LogP contribution in [0.25, 0.3) is 0 Å². The first-order chi connectivity index (χ1) is 4.77. The van der Waals surface area contributed by atoms with Gasteiger partial charge in [-0.15, -0.1) is 11.8 Å². The molecular weight excluding hydrogens is 150 g/mol. The van der Waals surface area contributed by atoms with Gasteiger partial charge in [-0.3, -0.25) is 4.98 Å². The predicted octanol–water partition coefficient (Wildman–Crippen LogP) is 1.25. The van der Waals surface area contributed by atoms with Crippen LogP contribution in [0.15, 0.2) is 14.2 Å². The molecule has 0 amide bonds. The van der Waals surface area contributed by atoms with Gasteiger partial charge in [-0.1, -0.05) is 6.92 Å². The second-order valence-electron chi connectivity index (χ2n) is 1.82. The van der Waals surface area contributed by atoms with E-state index in [0.717, 1.165) is 17.2 Å². The Labute approximate surface area is 62.8 Å². The maximum absolute atomic E-state index is 10.6. The number of oxazole rings is 1. The van der Waals surface area contributed by atoms with E-state index in [0.29, 0.717) is 0 Å². The molecule has 0 aliphatic heterocycles. The molecule has 1 N–H and O–H groups in total. The van der Waals surface area contributed by atoms with Gasteiger partial charge in [-0.05, 0) is 6.26 Å². The van der Waals surface area contributed by atoms with Crippen molar-refractivity contribution in [2.75, 3.05) is 6.26 Å². The Morgan fingerprint density at radius 1 is 1.70 bits per heavy atom. The molecule has 1 heterocycles. The summed E-state index contributed by atoms with van der Waals surface area (Å²) in [5.74, 6) is 0.388. The summed E-state index contributed by atoms with van der Waals surface area (Å²) in [4.78, 5) is 13.2. The van der Waals surface area contributed by atoms with Gasteiger partial charge in [0, 0.05) is 6.42 Å². The van der Waals surface area contributed by atoms with Crippen LogP contribution in [0, 0.1) is 0 Å². The average molecular weight is 159 g/mol. The van der Waals surface area contributed by atoms with E-state index in [4.69, 9.17) is 4.42 Å². The quantitative estimate of drug-likeness (QED) is 0.660. The van der Waals surface area contributed by atoms with Gasteiger partial charge < -0.3 is 4.42 Å². The van der Waals surface area contributed by atoms with E-state index in [9.17, 15) is 4.79 Å². The van der Waals surface area contributed by atoms with Gasteiger partial charge in [0.05, 0.1) is 0 Å². The minimum Gasteiger partial charge on any atom is -0.412 e. The monoisotopic (exact) mass is 159 g/mol. The Balaban J connectivity index is 3.08. The van der Waals surface area contributed by atoms with Crippen LogP contribution in [0.1, 0.15) is 12.7 Å². The fourth-order valence-corrected chi connectivity index (χ4v) is 1.34. The molecule has 3 nitrogen and oxygen atoms in total. The lowest BCUT2D eigenvalue weighted by atomic mass is 10.4. The van der Waals surface area contributed by atoms with Crippen molar-refractivity contribution in [1.82, 2.24) is 4.98 Å². The molecule has 56 valence electrons. The molecule has 4 heteroatoms. The molecule has 0 fully saturated rings. The number of aromatic amines is 1. The number of H-pyrrole nitrogens is 1. The zero-order valence-electron chi connectivity index (χ0n) is 5.93. The van der Waals surface area contributed by atoms with Gasteiger partial charge >= 0.3 is 5.76 Å². The summed E-state index contributed by atoms with van der Waals surface area (Å²) in [6, 6.07) is 0. The molecular formula is C6H9NO2S. The summed E-state index contributed by atoms with van der Waals surface area (Å²) in [5.41, 5.74) is 0. The number of aryl methyl sites for hydroxylation is 1. The Bertz CT molecular complexity index is 238. The van der Waals surface area contributed by atoms with Crippen molar-refractivity contribution >= 4 is 11.8 Å². The van der Waals surface area contributed by atoms with Crippen LogP contribution >= 0.6 is 11.8 Å². The van der Waals surface area contributed by atoms with E-state index in [1.165, 1.54) is 11.8 Å². The molecule has 0 radical (unpaired) electrons. The third kappa shape index (κ3) is 1.26. The summed E-state index contributed by atoms with van der Waals surface area (Å²) in [6.45, 7) is 1.95. The van der Waals surface area contributed by atoms with Gasteiger partial charge in [0.15, 0.2) is 0 Å². The molecule has 1 rings (SSSR count). The molecule has 0 unspecified atom stereocenters. The zero-order chi connectivity index (χ0) is 7.56. The summed E-state index contributed by atoms with van der Waals surface area (Å²) in [6.07, 6.45) is 2.66. The third-order valence-corrected chi connectivity index (χ3v) is 1.95. The molecule has 0 aliphatic carbocycles. The smallest absolute Gasteiger partial charge is 0.412 e. The van der Waals surface area contributed by atoms with Crippen LogP contribution in [0.3, 0.4) is 0 Å². The first-order valence-electron chi connectivity index (χ1n) is 3.04. The van der Waals surface area contributed by atoms with Crippen LogP contribution in [-0.2, 0) is 6.42 Å². The molecule has 0 bridgehead atoms. The number of hydrogen-bond acceptors (Lipinski definition) is 3. The number of aromatic nitrogens is 1. The second-order valence-corrected chi connectivity index (χ2v) is 2.64. The molecule has 0 saturated carbocycles. The van der Waals surface area contributed by atoms with Crippen molar-refractivity contribution in [2.45, 2.75) is 18.4 Å². The van der Waals surface area contributed by atoms with Crippen molar-refractivity contribution in [1.29, 1.82) is 0 Å². The van der Waals surface area contributed by atoms with E-state index in [-0.39, 0.29) is 5.76 Å². The standard InChI is InChI=1S/C6H9NO2S/c1-3-4-5(10-2)7-6(8)9-4/h3H2,1-2H3,(H,7,8). The van der Waals surface area contributed by atoms with Gasteiger partial charge in [0.1, 0.15) is 10.8 Å². The maximum Gasteiger partial charge on any atom is 0.417 e. The van der Waals surface area contributed by atoms with Crippen molar-refractivity contribution in [2.24, 2.45) is 0 Å². The number of nitrogens with one attached hydrogen (secondary N) is 1. The molecule has 0 atom stereocenters. The van der Waals surface area contributed by atoms with Crippen molar-refractivity contribution in [3.63, 3.8) is 0 Å². The number of rotatable bonds is 2. The number of hydrogen-bond donors (Lipinski definition) is 1. The Hall–Kier alpha value is -0.640. The molecule has 10 heavy (non-hydrogen) atoms. The van der Waals surface area contributed by atoms with Crippen LogP contribution in [-0.4, -0.2) is 11.2 Å². The van der Waals surface area contributed by atoms with E-state index in [2.05, 4.69) is 4.98 Å². The third-order valence-electron chi connectivity index (χ3n) is 1.21. The Morgan fingerprint density at radius 3 is 2.80 bits per heavy atom. The molecule has 0 aliphatic rings. The largest absolute Gasteiger partial charge is 0.417 e. The van der Waals surface area contributed by atoms with Crippen LogP contribution in [0.4, 0.5) is 0 Å². The SMILES string of the molecule is CCc1oc(=O)[nH]c1SC. The van der Waals surface area contributed by atoms with E-state index in [1.54, 1.807) is 0 Å². The molecule has 1 aromatic rings. The highest BCUT2D eigenvalue weighted by atomic mass is 32.2. The molecule has 1 aromatic heterocycles. The van der Waals surface area contributed by atoms with Crippen LogP contribution < -0.4 is 5.76 Å². The average Bonchev–Trinajstić information content (AvgIpc) is 2.30. The van der Waals surface area contributed by atoms with E-state index in [1.807, 2.05) is 13.2 Å². The fourth-order valence-electron chi connectivity index (χ4n) is 0.744. The topological polar surface area (TPSA) is 46.0 Å². The maximum atomic E-state index is 10.6. The summed E-state index contributed by atoms with van der Waals surface area (Å²) in [7, 11) is 0. The minimum absolute atomic E-state index is 0.360. The van der Waals surface area contributed by atoms with Gasteiger partial charge in [0.2, 0.25) is 0 Å². The van der Waals surface area contributed by atoms with Crippen molar-refractivity contribution < 1.29 is 4.42 Å². The molecule has 0 spiro atoms. The lowest BCUT2D eigenvalue weighted by Gasteiger charge is -1.89. The lowest BCUT2D eigenvalue weighted by molar-refractivity contribution is 0.470. The second kappa shape index (κ2) is 2.96. The van der Waals surface area contributed by atoms with E-state index >= 15 is 0 Å². The van der Waals surface area contributed by atoms with Gasteiger partial charge in [-0.25, -0.2) is 4.79 Å². The van der Waals surface area contributed by atoms with Gasteiger partial charge in [-0.2, -0.15) is 0 Å². The van der Waals surface area contributed by atoms with Crippen molar-refractivity contribution in [3.05, 3.63) is 16.3 Å². The van der Waals surface area contributed by atoms with Crippen molar-refractivity contribution in [3.8, 4) is 0 Å². The highest BCUT2D eigenvalue weighted by molar-refractivity contribution is 7.98. The van der Waals surface area contributed by atoms with Crippen LogP contribution in [0.5, 0.6) is 0 Å². The van der Waals surface area contributed by atoms with Crippen LogP contribution in [0.2, 0.25) is 0 Å². The molecule has 0 aromatic carbocycles. The highest BCUT2D eigenvalue weighted by Gasteiger charge is 2.04. The minimum atomic E-state index is -0.360. The fraction of sp³-hybridized carbons (Fsp3) is 0.500. The predicted molar refractivity (Wildman–Crippen MR) is 40.5 cm³/mol. The first-order valence-corrected chi connectivity index (χ1v) is 4.26. The highest BCUT2D eigenvalue weighted by Crippen LogP contribution is 2.15. The summed E-state index contributed by atoms with van der Waals surface area (Å²) >= 11 is 1.49. The number of thioether (sulfide) groups is 1. The normalized spacial score (nSPS) is 10.2. The Morgan fingerprint density at radius 2 is 2.40 bits per heavy atom.